The lowest BCUT2D eigenvalue weighted by molar-refractivity contribution is -0.115. The summed E-state index contributed by atoms with van der Waals surface area (Å²) in [5.74, 6) is 0.0938. The Balaban J connectivity index is 1.70. The third-order valence-electron chi connectivity index (χ3n) is 4.21. The summed E-state index contributed by atoms with van der Waals surface area (Å²) in [6.45, 7) is -0.917. The summed E-state index contributed by atoms with van der Waals surface area (Å²) in [4.78, 5) is 8.38. The van der Waals surface area contributed by atoms with Crippen LogP contribution in [0, 0.1) is 0 Å². The molecule has 3 N–H and O–H groups in total. The van der Waals surface area contributed by atoms with Gasteiger partial charge in [-0.15, -0.1) is 5.10 Å². The highest BCUT2D eigenvalue weighted by molar-refractivity contribution is 5.72. The van der Waals surface area contributed by atoms with Crippen LogP contribution in [0.4, 0.5) is 29.3 Å². The number of hydrogen-bond donors (Lipinski definition) is 3. The number of hydrogen-bond acceptors (Lipinski definition) is 7. The molecule has 0 radical (unpaired) electrons. The summed E-state index contributed by atoms with van der Waals surface area (Å²) >= 11 is 0. The Labute approximate surface area is 155 Å². The van der Waals surface area contributed by atoms with Crippen LogP contribution in [0.2, 0.25) is 0 Å². The van der Waals surface area contributed by atoms with E-state index >= 15 is 0 Å². The zero-order valence-electron chi connectivity index (χ0n) is 14.4. The van der Waals surface area contributed by atoms with Gasteiger partial charge in [0.15, 0.2) is 11.5 Å². The molecule has 0 amide bonds. The van der Waals surface area contributed by atoms with E-state index in [0.717, 1.165) is 0 Å². The van der Waals surface area contributed by atoms with Crippen LogP contribution < -0.4 is 10.6 Å². The number of fused-ring (bicyclic) bond motifs is 1. The average molecular weight is 400 g/mol. The highest BCUT2D eigenvalue weighted by Crippen LogP contribution is 2.27. The fraction of sp³-hybridized carbons (Fsp3) is 0.467. The van der Waals surface area contributed by atoms with Crippen LogP contribution in [0.1, 0.15) is 6.42 Å². The van der Waals surface area contributed by atoms with Gasteiger partial charge in [0.05, 0.1) is 25.0 Å². The molecule has 2 atom stereocenters. The highest BCUT2D eigenvalue weighted by atomic mass is 19.4. The molecule has 0 saturated carbocycles. The first-order valence-electron chi connectivity index (χ1n) is 8.44. The van der Waals surface area contributed by atoms with Gasteiger partial charge in [0.2, 0.25) is 5.95 Å². The Kier molecular flexibility index (Phi) is 4.75. The Morgan fingerprint density at radius 2 is 2.18 bits per heavy atom. The van der Waals surface area contributed by atoms with Crippen molar-refractivity contribution in [2.75, 3.05) is 30.4 Å². The largest absolute Gasteiger partial charge is 0.405 e. The Hall–Kier alpha value is -2.96. The van der Waals surface area contributed by atoms with Gasteiger partial charge in [-0.3, -0.25) is 5.10 Å². The third-order valence-corrected chi connectivity index (χ3v) is 4.21. The monoisotopic (exact) mass is 400 g/mol. The Morgan fingerprint density at radius 1 is 1.32 bits per heavy atom. The van der Waals surface area contributed by atoms with Crippen LogP contribution in [-0.4, -0.2) is 67.9 Å². The van der Waals surface area contributed by atoms with Crippen molar-refractivity contribution in [2.45, 2.75) is 24.8 Å². The number of ether oxygens (including phenoxy) is 1. The number of aromatic amines is 1. The zero-order valence-corrected chi connectivity index (χ0v) is 14.4. The molecule has 0 spiro atoms. The molecule has 4 rings (SSSR count). The summed E-state index contributed by atoms with van der Waals surface area (Å²) in [5, 5.41) is 15.8. The van der Waals surface area contributed by atoms with Crippen LogP contribution in [0.15, 0.2) is 18.6 Å². The van der Waals surface area contributed by atoms with Crippen molar-refractivity contribution >= 4 is 17.4 Å². The van der Waals surface area contributed by atoms with Crippen molar-refractivity contribution in [1.29, 1.82) is 0 Å². The quantitative estimate of drug-likeness (QED) is 0.563. The molecule has 1 saturated heterocycles. The maximum absolute atomic E-state index is 14.0. The van der Waals surface area contributed by atoms with E-state index in [9.17, 15) is 17.6 Å². The number of halogens is 4. The van der Waals surface area contributed by atoms with Crippen molar-refractivity contribution < 1.29 is 22.3 Å². The maximum Gasteiger partial charge on any atom is 0.405 e. The minimum absolute atomic E-state index is 0.000510. The second-order valence-electron chi connectivity index (χ2n) is 6.25. The van der Waals surface area contributed by atoms with E-state index in [-0.39, 0.29) is 29.7 Å². The molecule has 150 valence electrons. The number of alkyl halides is 4. The molecule has 9 nitrogen and oxygen atoms in total. The Bertz CT molecular complexity index is 942. The molecule has 13 heteroatoms. The number of rotatable bonds is 5. The van der Waals surface area contributed by atoms with Crippen molar-refractivity contribution in [1.82, 2.24) is 29.8 Å². The fourth-order valence-electron chi connectivity index (χ4n) is 2.88. The van der Waals surface area contributed by atoms with Gasteiger partial charge in [-0.2, -0.15) is 27.8 Å². The first kappa shape index (κ1) is 18.4. The summed E-state index contributed by atoms with van der Waals surface area (Å²) < 4.78 is 58.5. The summed E-state index contributed by atoms with van der Waals surface area (Å²) in [5.41, 5.74) is 0.906. The molecule has 0 aliphatic carbocycles. The normalized spacial score (nSPS) is 20.4. The molecule has 4 heterocycles. The van der Waals surface area contributed by atoms with Crippen LogP contribution in [0.25, 0.3) is 16.9 Å². The summed E-state index contributed by atoms with van der Waals surface area (Å²) in [6, 6.07) is -0.543. The molecule has 1 aliphatic heterocycles. The minimum atomic E-state index is -4.44. The van der Waals surface area contributed by atoms with Crippen molar-refractivity contribution in [3.05, 3.63) is 18.6 Å². The van der Waals surface area contributed by atoms with Gasteiger partial charge >= 0.3 is 6.18 Å². The molecule has 0 aromatic carbocycles. The standard InChI is InChI=1S/C15H16F4N8O/c16-9-6-28-2-1-10(9)24-14-25-11-5-20-12(8-3-22-23-4-8)13(27(11)26-14)21-7-15(17,18)19/h3-5,9-10,21H,1-2,6-7H2,(H,22,23)(H,24,26)/t9-,10+/m1/s1. The number of aromatic nitrogens is 6. The van der Waals surface area contributed by atoms with E-state index in [0.29, 0.717) is 18.6 Å². The maximum atomic E-state index is 14.0. The van der Waals surface area contributed by atoms with Crippen LogP contribution in [-0.2, 0) is 4.74 Å². The van der Waals surface area contributed by atoms with Gasteiger partial charge in [-0.25, -0.2) is 9.37 Å². The number of H-pyrrole nitrogens is 1. The third kappa shape index (κ3) is 3.83. The highest BCUT2D eigenvalue weighted by Gasteiger charge is 2.29. The van der Waals surface area contributed by atoms with E-state index in [1.807, 2.05) is 0 Å². The second-order valence-corrected chi connectivity index (χ2v) is 6.25. The number of nitrogens with zero attached hydrogens (tertiary/aromatic N) is 5. The molecule has 1 aliphatic rings. The van der Waals surface area contributed by atoms with Gasteiger partial charge < -0.3 is 15.4 Å². The predicted molar refractivity (Wildman–Crippen MR) is 90.7 cm³/mol. The Morgan fingerprint density at radius 3 is 2.89 bits per heavy atom. The van der Waals surface area contributed by atoms with Crippen LogP contribution >= 0.6 is 0 Å². The molecule has 1 fully saturated rings. The molecule has 3 aromatic rings. The number of anilines is 2. The molecule has 0 unspecified atom stereocenters. The number of nitrogens with one attached hydrogen (secondary N) is 3. The van der Waals surface area contributed by atoms with E-state index in [4.69, 9.17) is 4.74 Å². The van der Waals surface area contributed by atoms with E-state index in [1.54, 1.807) is 0 Å². The summed E-state index contributed by atoms with van der Waals surface area (Å²) in [7, 11) is 0. The average Bonchev–Trinajstić information content (AvgIpc) is 3.30. The molecule has 0 bridgehead atoms. The van der Waals surface area contributed by atoms with Gasteiger partial charge in [-0.1, -0.05) is 0 Å². The minimum Gasteiger partial charge on any atom is -0.378 e. The van der Waals surface area contributed by atoms with E-state index in [2.05, 4.69) is 35.9 Å². The molecule has 3 aromatic heterocycles. The van der Waals surface area contributed by atoms with E-state index < -0.39 is 24.9 Å². The SMILES string of the molecule is F[C@@H]1COCC[C@@H]1Nc1nc2cnc(-c3cn[nH]c3)c(NCC(F)(F)F)n2n1. The van der Waals surface area contributed by atoms with Crippen molar-refractivity contribution in [3.63, 3.8) is 0 Å². The van der Waals surface area contributed by atoms with Crippen molar-refractivity contribution in [2.24, 2.45) is 0 Å². The van der Waals surface area contributed by atoms with Gasteiger partial charge in [-0.05, 0) is 6.42 Å². The molecular weight excluding hydrogens is 384 g/mol. The lowest BCUT2D eigenvalue weighted by Gasteiger charge is -2.26. The molecule has 28 heavy (non-hydrogen) atoms. The first-order valence-corrected chi connectivity index (χ1v) is 8.44. The van der Waals surface area contributed by atoms with Crippen molar-refractivity contribution in [3.8, 4) is 11.3 Å². The lowest BCUT2D eigenvalue weighted by atomic mass is 10.1. The van der Waals surface area contributed by atoms with Crippen LogP contribution in [0.3, 0.4) is 0 Å². The predicted octanol–water partition coefficient (Wildman–Crippen LogP) is 2.03. The topological polar surface area (TPSA) is 105 Å². The van der Waals surface area contributed by atoms with Gasteiger partial charge in [0.1, 0.15) is 18.4 Å². The zero-order chi connectivity index (χ0) is 19.7. The molecular formula is C15H16F4N8O. The smallest absolute Gasteiger partial charge is 0.378 e. The lowest BCUT2D eigenvalue weighted by Crippen LogP contribution is -2.39. The van der Waals surface area contributed by atoms with E-state index in [1.165, 1.54) is 23.1 Å². The van der Waals surface area contributed by atoms with Gasteiger partial charge in [0, 0.05) is 18.4 Å². The fourth-order valence-corrected chi connectivity index (χ4v) is 2.88. The first-order chi connectivity index (χ1) is 13.4. The second kappa shape index (κ2) is 7.22. The van der Waals surface area contributed by atoms with Gasteiger partial charge in [0.25, 0.3) is 0 Å². The summed E-state index contributed by atoms with van der Waals surface area (Å²) in [6.07, 6.45) is -0.953. The van der Waals surface area contributed by atoms with Crippen LogP contribution in [0.5, 0.6) is 0 Å².